The monoisotopic (exact) mass is 341 g/mol. The summed E-state index contributed by atoms with van der Waals surface area (Å²) >= 11 is 0. The highest BCUT2D eigenvalue weighted by Gasteiger charge is 2.26. The van der Waals surface area contributed by atoms with E-state index in [-0.39, 0.29) is 17.5 Å². The summed E-state index contributed by atoms with van der Waals surface area (Å²) in [6.45, 7) is 5.85. The molecule has 3 heterocycles. The number of hydrogen-bond donors (Lipinski definition) is 0. The molecule has 1 aliphatic rings. The molecule has 0 atom stereocenters. The number of carbonyl (C=O) groups is 2. The third kappa shape index (κ3) is 3.88. The minimum atomic E-state index is -0.201. The molecule has 8 nitrogen and oxygen atoms in total. The predicted octanol–water partition coefficient (Wildman–Crippen LogP) is 0.536. The van der Waals surface area contributed by atoms with E-state index in [4.69, 9.17) is 4.52 Å². The zero-order valence-corrected chi connectivity index (χ0v) is 14.2. The van der Waals surface area contributed by atoms with Crippen LogP contribution in [0.2, 0.25) is 0 Å². The van der Waals surface area contributed by atoms with Gasteiger partial charge < -0.3 is 14.3 Å². The molecule has 0 unspecified atom stereocenters. The molecular weight excluding hydrogens is 322 g/mol. The van der Waals surface area contributed by atoms with Gasteiger partial charge in [0.05, 0.1) is 6.20 Å². The van der Waals surface area contributed by atoms with Crippen LogP contribution >= 0.6 is 0 Å². The number of amides is 2. The second-order valence-corrected chi connectivity index (χ2v) is 5.85. The molecule has 2 aromatic rings. The lowest BCUT2D eigenvalue weighted by Crippen LogP contribution is -2.50. The van der Waals surface area contributed by atoms with Crippen molar-refractivity contribution < 1.29 is 14.1 Å². The van der Waals surface area contributed by atoms with Gasteiger partial charge in [0, 0.05) is 38.4 Å². The van der Waals surface area contributed by atoms with E-state index >= 15 is 0 Å². The predicted molar refractivity (Wildman–Crippen MR) is 88.5 cm³/mol. The maximum Gasteiger partial charge on any atom is 0.298 e. The number of hydrogen-bond acceptors (Lipinski definition) is 5. The summed E-state index contributed by atoms with van der Waals surface area (Å²) in [6, 6.07) is 1.64. The Morgan fingerprint density at radius 2 is 1.96 bits per heavy atom. The van der Waals surface area contributed by atoms with Gasteiger partial charge in [-0.3, -0.25) is 14.3 Å². The van der Waals surface area contributed by atoms with Gasteiger partial charge >= 0.3 is 0 Å². The molecule has 0 aliphatic carbocycles. The van der Waals surface area contributed by atoms with Gasteiger partial charge in [0.1, 0.15) is 6.54 Å². The Kier molecular flexibility index (Phi) is 4.84. The molecule has 0 saturated carbocycles. The van der Waals surface area contributed by atoms with Gasteiger partial charge in [0.25, 0.3) is 11.8 Å². The second-order valence-electron chi connectivity index (χ2n) is 5.85. The highest BCUT2D eigenvalue weighted by Crippen LogP contribution is 2.11. The van der Waals surface area contributed by atoms with Gasteiger partial charge in [-0.25, -0.2) is 0 Å². The summed E-state index contributed by atoms with van der Waals surface area (Å²) < 4.78 is 6.97. The van der Waals surface area contributed by atoms with E-state index in [9.17, 15) is 9.59 Å². The van der Waals surface area contributed by atoms with Crippen LogP contribution in [-0.2, 0) is 11.3 Å². The number of aromatic nitrogens is 3. The molecule has 0 aromatic carbocycles. The summed E-state index contributed by atoms with van der Waals surface area (Å²) in [7, 11) is 0. The summed E-state index contributed by atoms with van der Waals surface area (Å²) in [5, 5.41) is 8.05. The maximum atomic E-state index is 12.5. The molecule has 0 spiro atoms. The van der Waals surface area contributed by atoms with Crippen molar-refractivity contribution in [1.82, 2.24) is 24.7 Å². The van der Waals surface area contributed by atoms with Gasteiger partial charge in [-0.2, -0.15) is 5.10 Å². The van der Waals surface area contributed by atoms with Crippen molar-refractivity contribution in [2.24, 2.45) is 0 Å². The van der Waals surface area contributed by atoms with Crippen LogP contribution in [0, 0.1) is 18.8 Å². The highest BCUT2D eigenvalue weighted by atomic mass is 16.5. The largest absolute Gasteiger partial charge is 0.359 e. The highest BCUT2D eigenvalue weighted by molar-refractivity contribution is 5.94. The Morgan fingerprint density at radius 3 is 2.60 bits per heavy atom. The van der Waals surface area contributed by atoms with Gasteiger partial charge in [-0.05, 0) is 25.3 Å². The molecule has 1 fully saturated rings. The van der Waals surface area contributed by atoms with Crippen molar-refractivity contribution in [3.05, 3.63) is 35.5 Å². The minimum Gasteiger partial charge on any atom is -0.359 e. The minimum absolute atomic E-state index is 0.194. The SMILES string of the molecule is CC#CC(=O)N1CCN(C(=O)c2cc(Cn3cc(C)cn3)on2)CC1. The standard InChI is InChI=1S/C17H19N5O3/c1-3-4-16(23)20-5-7-21(8-6-20)17(24)15-9-14(25-19-15)12-22-11-13(2)10-18-22/h9-11H,5-8,12H2,1-2H3. The number of rotatable bonds is 3. The summed E-state index contributed by atoms with van der Waals surface area (Å²) in [4.78, 5) is 27.6. The van der Waals surface area contributed by atoms with Crippen molar-refractivity contribution >= 4 is 11.8 Å². The molecule has 1 saturated heterocycles. The molecule has 8 heteroatoms. The summed E-state index contributed by atoms with van der Waals surface area (Å²) in [5.74, 6) is 5.29. The molecule has 3 rings (SSSR count). The zero-order valence-electron chi connectivity index (χ0n) is 14.2. The van der Waals surface area contributed by atoms with Crippen molar-refractivity contribution in [3.8, 4) is 11.8 Å². The van der Waals surface area contributed by atoms with E-state index in [2.05, 4.69) is 22.1 Å². The van der Waals surface area contributed by atoms with Gasteiger partial charge in [-0.1, -0.05) is 11.1 Å². The van der Waals surface area contributed by atoms with Crippen molar-refractivity contribution in [1.29, 1.82) is 0 Å². The first-order chi connectivity index (χ1) is 12.1. The first-order valence-electron chi connectivity index (χ1n) is 8.02. The van der Waals surface area contributed by atoms with E-state index in [1.54, 1.807) is 33.7 Å². The van der Waals surface area contributed by atoms with Crippen LogP contribution in [-0.4, -0.2) is 62.7 Å². The third-order valence-corrected chi connectivity index (χ3v) is 3.94. The Bertz CT molecular complexity index is 834. The van der Waals surface area contributed by atoms with Crippen molar-refractivity contribution in [2.45, 2.75) is 20.4 Å². The number of piperazine rings is 1. The molecule has 130 valence electrons. The fourth-order valence-electron chi connectivity index (χ4n) is 2.66. The Hall–Kier alpha value is -3.08. The van der Waals surface area contributed by atoms with Crippen molar-refractivity contribution in [3.63, 3.8) is 0 Å². The van der Waals surface area contributed by atoms with E-state index < -0.39 is 0 Å². The lowest BCUT2D eigenvalue weighted by molar-refractivity contribution is -0.126. The number of aryl methyl sites for hydroxylation is 1. The molecule has 2 aromatic heterocycles. The van der Waals surface area contributed by atoms with E-state index in [1.165, 1.54) is 0 Å². The van der Waals surface area contributed by atoms with Gasteiger partial charge in [0.2, 0.25) is 0 Å². The fourth-order valence-corrected chi connectivity index (χ4v) is 2.66. The fraction of sp³-hybridized carbons (Fsp3) is 0.412. The Balaban J connectivity index is 1.58. The zero-order chi connectivity index (χ0) is 17.8. The molecule has 0 radical (unpaired) electrons. The van der Waals surface area contributed by atoms with Crippen LogP contribution in [0.5, 0.6) is 0 Å². The Labute approximate surface area is 145 Å². The normalized spacial score (nSPS) is 14.2. The average Bonchev–Trinajstić information content (AvgIpc) is 3.24. The first-order valence-corrected chi connectivity index (χ1v) is 8.02. The molecule has 0 bridgehead atoms. The van der Waals surface area contributed by atoms with E-state index in [0.717, 1.165) is 5.56 Å². The van der Waals surface area contributed by atoms with Crippen molar-refractivity contribution in [2.75, 3.05) is 26.2 Å². The van der Waals surface area contributed by atoms with E-state index in [0.29, 0.717) is 38.5 Å². The number of carbonyl (C=O) groups excluding carboxylic acids is 2. The molecule has 25 heavy (non-hydrogen) atoms. The average molecular weight is 341 g/mol. The topological polar surface area (TPSA) is 84.5 Å². The molecular formula is C17H19N5O3. The maximum absolute atomic E-state index is 12.5. The van der Waals surface area contributed by atoms with Gasteiger partial charge in [-0.15, -0.1) is 0 Å². The number of nitrogens with zero attached hydrogens (tertiary/aromatic N) is 5. The second kappa shape index (κ2) is 7.21. The van der Waals surface area contributed by atoms with Crippen LogP contribution in [0.3, 0.4) is 0 Å². The van der Waals surface area contributed by atoms with Gasteiger partial charge in [0.15, 0.2) is 11.5 Å². The quantitative estimate of drug-likeness (QED) is 0.761. The smallest absolute Gasteiger partial charge is 0.298 e. The van der Waals surface area contributed by atoms with Crippen LogP contribution < -0.4 is 0 Å². The molecule has 2 amide bonds. The van der Waals surface area contributed by atoms with E-state index in [1.807, 2.05) is 13.1 Å². The first kappa shape index (κ1) is 16.8. The summed E-state index contributed by atoms with van der Waals surface area (Å²) in [6.07, 6.45) is 3.64. The third-order valence-electron chi connectivity index (χ3n) is 3.94. The Morgan fingerprint density at radius 1 is 1.24 bits per heavy atom. The van der Waals surface area contributed by atoms with Crippen LogP contribution in [0.4, 0.5) is 0 Å². The van der Waals surface area contributed by atoms with Crippen LogP contribution in [0.15, 0.2) is 23.0 Å². The molecule has 0 N–H and O–H groups in total. The van der Waals surface area contributed by atoms with Crippen LogP contribution in [0.1, 0.15) is 28.7 Å². The lowest BCUT2D eigenvalue weighted by Gasteiger charge is -2.33. The lowest BCUT2D eigenvalue weighted by atomic mass is 10.2. The summed E-state index contributed by atoms with van der Waals surface area (Å²) in [5.41, 5.74) is 1.32. The molecule has 1 aliphatic heterocycles. The van der Waals surface area contributed by atoms with Crippen LogP contribution in [0.25, 0.3) is 0 Å².